The Hall–Kier alpha value is -3.67. The summed E-state index contributed by atoms with van der Waals surface area (Å²) in [6, 6.07) is 18.4. The predicted molar refractivity (Wildman–Crippen MR) is 108 cm³/mol. The van der Waals surface area contributed by atoms with Crippen LogP contribution in [0.15, 0.2) is 79.0 Å². The van der Waals surface area contributed by atoms with Crippen LogP contribution >= 0.6 is 0 Å². The number of carbonyl (C=O) groups is 2. The van der Waals surface area contributed by atoms with Gasteiger partial charge in [0.2, 0.25) is 5.78 Å². The molecule has 30 heavy (non-hydrogen) atoms. The van der Waals surface area contributed by atoms with Crippen LogP contribution in [0.3, 0.4) is 0 Å². The second-order valence-corrected chi connectivity index (χ2v) is 6.94. The van der Waals surface area contributed by atoms with Crippen LogP contribution in [0.5, 0.6) is 0 Å². The molecule has 0 spiro atoms. The number of pyridine rings is 1. The highest BCUT2D eigenvalue weighted by Crippen LogP contribution is 2.34. The second-order valence-electron chi connectivity index (χ2n) is 6.94. The average Bonchev–Trinajstić information content (AvgIpc) is 3.12. The van der Waals surface area contributed by atoms with Gasteiger partial charge >= 0.3 is 6.18 Å². The summed E-state index contributed by atoms with van der Waals surface area (Å²) in [7, 11) is 0. The lowest BCUT2D eigenvalue weighted by Crippen LogP contribution is -2.05. The van der Waals surface area contributed by atoms with E-state index in [1.54, 1.807) is 59.1 Å². The minimum absolute atomic E-state index is 0.145. The minimum Gasteiger partial charge on any atom is -0.313 e. The smallest absolute Gasteiger partial charge is 0.313 e. The zero-order valence-electron chi connectivity index (χ0n) is 15.9. The van der Waals surface area contributed by atoms with Crippen molar-refractivity contribution in [3.8, 4) is 11.1 Å². The topological polar surface area (TPSA) is 38.5 Å². The molecular weight excluding hydrogens is 391 g/mol. The third kappa shape index (κ3) is 3.52. The quantitative estimate of drug-likeness (QED) is 0.386. The van der Waals surface area contributed by atoms with Gasteiger partial charge in [0, 0.05) is 22.9 Å². The van der Waals surface area contributed by atoms with Crippen LogP contribution in [0, 0.1) is 0 Å². The van der Waals surface area contributed by atoms with Crippen LogP contribution in [0.1, 0.15) is 38.9 Å². The molecule has 0 radical (unpaired) electrons. The lowest BCUT2D eigenvalue weighted by Gasteiger charge is -2.08. The van der Waals surface area contributed by atoms with Gasteiger partial charge in [-0.1, -0.05) is 42.5 Å². The van der Waals surface area contributed by atoms with Gasteiger partial charge in [-0.3, -0.25) is 9.59 Å². The highest BCUT2D eigenvalue weighted by Gasteiger charge is 2.30. The number of nitrogens with zero attached hydrogens (tertiary/aromatic N) is 1. The molecule has 0 aliphatic heterocycles. The number of aromatic nitrogens is 1. The fourth-order valence-corrected chi connectivity index (χ4v) is 3.40. The van der Waals surface area contributed by atoms with Gasteiger partial charge in [0.25, 0.3) is 0 Å². The predicted octanol–water partition coefficient (Wildman–Crippen LogP) is 6.06. The number of hydrogen-bond acceptors (Lipinski definition) is 2. The Balaban J connectivity index is 1.91. The van der Waals surface area contributed by atoms with Crippen LogP contribution in [0.4, 0.5) is 13.2 Å². The summed E-state index contributed by atoms with van der Waals surface area (Å²) in [4.78, 5) is 24.9. The standard InChI is InChI=1S/C24H16F3NO2/c1-15(29)18-11-12-28-21(13-18)20(16-7-9-19(10-8-16)24(25,26)27)14-22(28)23(30)17-5-3-2-4-6-17/h2-14H,1H3. The fourth-order valence-electron chi connectivity index (χ4n) is 3.40. The van der Waals surface area contributed by atoms with Crippen molar-refractivity contribution in [2.75, 3.05) is 0 Å². The lowest BCUT2D eigenvalue weighted by molar-refractivity contribution is -0.137. The molecule has 150 valence electrons. The molecule has 4 aromatic rings. The van der Waals surface area contributed by atoms with Gasteiger partial charge in [-0.2, -0.15) is 13.2 Å². The lowest BCUT2D eigenvalue weighted by atomic mass is 10.0. The number of fused-ring (bicyclic) bond motifs is 1. The van der Waals surface area contributed by atoms with Crippen molar-refractivity contribution in [3.05, 3.63) is 101 Å². The number of Topliss-reactive ketones (excluding diaryl/α,β-unsaturated/α-hetero) is 1. The maximum Gasteiger partial charge on any atom is 0.416 e. The minimum atomic E-state index is -4.43. The van der Waals surface area contributed by atoms with Crippen LogP contribution < -0.4 is 0 Å². The molecule has 2 heterocycles. The number of ketones is 2. The highest BCUT2D eigenvalue weighted by atomic mass is 19.4. The Bertz CT molecular complexity index is 1250. The van der Waals surface area contributed by atoms with Crippen molar-refractivity contribution in [2.24, 2.45) is 0 Å². The van der Waals surface area contributed by atoms with Crippen LogP contribution in [-0.4, -0.2) is 16.0 Å². The number of hydrogen-bond donors (Lipinski definition) is 0. The monoisotopic (exact) mass is 407 g/mol. The third-order valence-corrected chi connectivity index (χ3v) is 4.97. The summed E-state index contributed by atoms with van der Waals surface area (Å²) in [6.07, 6.45) is -2.80. The van der Waals surface area contributed by atoms with E-state index in [2.05, 4.69) is 0 Å². The molecule has 0 bridgehead atoms. The molecule has 4 rings (SSSR count). The van der Waals surface area contributed by atoms with E-state index in [-0.39, 0.29) is 11.6 Å². The molecule has 3 nitrogen and oxygen atoms in total. The summed E-state index contributed by atoms with van der Waals surface area (Å²) in [5.41, 5.74) is 2.22. The SMILES string of the molecule is CC(=O)c1ccn2c(C(=O)c3ccccc3)cc(-c3ccc(C(F)(F)F)cc3)c2c1. The first-order valence-electron chi connectivity index (χ1n) is 9.19. The molecule has 6 heteroatoms. The van der Waals surface area contributed by atoms with E-state index in [1.165, 1.54) is 19.1 Å². The molecular formula is C24H16F3NO2. The first-order valence-corrected chi connectivity index (χ1v) is 9.19. The van der Waals surface area contributed by atoms with Gasteiger partial charge < -0.3 is 4.40 Å². The Morgan fingerprint density at radius 1 is 0.833 bits per heavy atom. The Kier molecular flexibility index (Phi) is 4.78. The summed E-state index contributed by atoms with van der Waals surface area (Å²) >= 11 is 0. The zero-order valence-corrected chi connectivity index (χ0v) is 15.9. The summed E-state index contributed by atoms with van der Waals surface area (Å²) in [6.45, 7) is 1.43. The van der Waals surface area contributed by atoms with E-state index >= 15 is 0 Å². The molecule has 0 atom stereocenters. The van der Waals surface area contributed by atoms with E-state index < -0.39 is 11.7 Å². The van der Waals surface area contributed by atoms with Crippen molar-refractivity contribution in [1.29, 1.82) is 0 Å². The second kappa shape index (κ2) is 7.30. The van der Waals surface area contributed by atoms with Gasteiger partial charge in [0.05, 0.1) is 16.8 Å². The van der Waals surface area contributed by atoms with Crippen molar-refractivity contribution < 1.29 is 22.8 Å². The van der Waals surface area contributed by atoms with Crippen molar-refractivity contribution in [2.45, 2.75) is 13.1 Å². The molecule has 0 saturated carbocycles. The molecule has 0 N–H and O–H groups in total. The van der Waals surface area contributed by atoms with Gasteiger partial charge in [0.15, 0.2) is 5.78 Å². The molecule has 0 fully saturated rings. The van der Waals surface area contributed by atoms with E-state index in [9.17, 15) is 22.8 Å². The number of carbonyl (C=O) groups excluding carboxylic acids is 2. The van der Waals surface area contributed by atoms with Crippen molar-refractivity contribution in [1.82, 2.24) is 4.40 Å². The maximum absolute atomic E-state index is 13.1. The maximum atomic E-state index is 13.1. The first kappa shape index (κ1) is 19.6. The number of alkyl halides is 3. The highest BCUT2D eigenvalue weighted by molar-refractivity contribution is 6.10. The molecule has 0 unspecified atom stereocenters. The van der Waals surface area contributed by atoms with Crippen LogP contribution in [-0.2, 0) is 6.18 Å². The van der Waals surface area contributed by atoms with Crippen molar-refractivity contribution >= 4 is 17.1 Å². The van der Waals surface area contributed by atoms with Gasteiger partial charge in [-0.05, 0) is 42.8 Å². The summed E-state index contributed by atoms with van der Waals surface area (Å²) < 4.78 is 40.4. The fraction of sp³-hybridized carbons (Fsp3) is 0.0833. The summed E-state index contributed by atoms with van der Waals surface area (Å²) in [5.74, 6) is -0.368. The zero-order chi connectivity index (χ0) is 21.5. The average molecular weight is 407 g/mol. The van der Waals surface area contributed by atoms with E-state index in [0.29, 0.717) is 33.5 Å². The number of benzene rings is 2. The van der Waals surface area contributed by atoms with E-state index in [4.69, 9.17) is 0 Å². The molecule has 2 aromatic heterocycles. The van der Waals surface area contributed by atoms with Gasteiger partial charge in [-0.25, -0.2) is 0 Å². The molecule has 0 amide bonds. The van der Waals surface area contributed by atoms with Crippen LogP contribution in [0.2, 0.25) is 0 Å². The summed E-state index contributed by atoms with van der Waals surface area (Å²) in [5, 5.41) is 0. The van der Waals surface area contributed by atoms with E-state index in [1.807, 2.05) is 0 Å². The molecule has 0 saturated heterocycles. The normalized spacial score (nSPS) is 11.6. The Morgan fingerprint density at radius 2 is 1.50 bits per heavy atom. The number of halogens is 3. The molecule has 0 aliphatic carbocycles. The van der Waals surface area contributed by atoms with E-state index in [0.717, 1.165) is 12.1 Å². The molecule has 2 aromatic carbocycles. The molecule has 0 aliphatic rings. The third-order valence-electron chi connectivity index (χ3n) is 4.97. The number of rotatable bonds is 4. The Morgan fingerprint density at radius 3 is 2.10 bits per heavy atom. The Labute approximate surface area is 170 Å². The first-order chi connectivity index (χ1) is 14.3. The van der Waals surface area contributed by atoms with Gasteiger partial charge in [0.1, 0.15) is 0 Å². The van der Waals surface area contributed by atoms with Crippen molar-refractivity contribution in [3.63, 3.8) is 0 Å². The van der Waals surface area contributed by atoms with Crippen LogP contribution in [0.25, 0.3) is 16.6 Å². The largest absolute Gasteiger partial charge is 0.416 e. The van der Waals surface area contributed by atoms with Gasteiger partial charge in [-0.15, -0.1) is 0 Å².